The van der Waals surface area contributed by atoms with Gasteiger partial charge in [0.15, 0.2) is 5.96 Å². The first-order valence-electron chi connectivity index (χ1n) is 8.14. The summed E-state index contributed by atoms with van der Waals surface area (Å²) in [6.07, 6.45) is 5.64. The van der Waals surface area contributed by atoms with E-state index in [0.29, 0.717) is 0 Å². The molecule has 1 fully saturated rings. The van der Waals surface area contributed by atoms with Crippen molar-refractivity contribution < 1.29 is 4.42 Å². The Balaban J connectivity index is 0.00000242. The molecule has 126 valence electrons. The molecule has 2 heterocycles. The lowest BCUT2D eigenvalue weighted by atomic mass is 10.1. The van der Waals surface area contributed by atoms with E-state index in [4.69, 9.17) is 9.41 Å². The van der Waals surface area contributed by atoms with Crippen LogP contribution in [0.4, 0.5) is 0 Å². The maximum absolute atomic E-state index is 5.65. The van der Waals surface area contributed by atoms with E-state index in [1.165, 1.54) is 19.3 Å². The molecule has 1 aliphatic heterocycles. The molecule has 6 heteroatoms. The highest BCUT2D eigenvalue weighted by atomic mass is 127. The molecule has 0 aromatic carbocycles. The summed E-state index contributed by atoms with van der Waals surface area (Å²) < 4.78 is 5.65. The van der Waals surface area contributed by atoms with E-state index in [0.717, 1.165) is 44.4 Å². The Bertz CT molecular complexity index is 408. The molecule has 2 N–H and O–H groups in total. The van der Waals surface area contributed by atoms with Crippen LogP contribution in [0.25, 0.3) is 0 Å². The molecule has 0 bridgehead atoms. The number of aliphatic imine (C=N–C) groups is 1. The number of nitrogens with one attached hydrogen (secondary N) is 2. The van der Waals surface area contributed by atoms with Crippen LogP contribution in [0.5, 0.6) is 0 Å². The van der Waals surface area contributed by atoms with E-state index in [1.54, 1.807) is 6.26 Å². The Morgan fingerprint density at radius 1 is 1.23 bits per heavy atom. The van der Waals surface area contributed by atoms with E-state index in [1.807, 2.05) is 6.07 Å². The average Bonchev–Trinajstić information content (AvgIpc) is 3.03. The molecular weight excluding hydrogens is 391 g/mol. The second-order valence-corrected chi connectivity index (χ2v) is 5.38. The fourth-order valence-electron chi connectivity index (χ4n) is 2.78. The van der Waals surface area contributed by atoms with Crippen LogP contribution in [0.2, 0.25) is 0 Å². The lowest BCUT2D eigenvalue weighted by Gasteiger charge is -2.32. The van der Waals surface area contributed by atoms with E-state index < -0.39 is 0 Å². The van der Waals surface area contributed by atoms with Gasteiger partial charge in [0, 0.05) is 13.1 Å². The molecule has 0 amide bonds. The van der Waals surface area contributed by atoms with Crippen LogP contribution < -0.4 is 10.6 Å². The van der Waals surface area contributed by atoms with Crippen molar-refractivity contribution >= 4 is 29.9 Å². The summed E-state index contributed by atoms with van der Waals surface area (Å²) in [6.45, 7) is 8.92. The standard InChI is InChI=1S/C16H28N4O.HI/c1-3-17-16(18-4-2)19-13-14(15-9-8-12-21-15)20-10-6-5-7-11-20;/h8-9,12,14H,3-7,10-11,13H2,1-2H3,(H2,17,18,19);1H. The van der Waals surface area contributed by atoms with Gasteiger partial charge in [0.1, 0.15) is 5.76 Å². The molecule has 1 unspecified atom stereocenters. The molecule has 22 heavy (non-hydrogen) atoms. The molecule has 5 nitrogen and oxygen atoms in total. The summed E-state index contributed by atoms with van der Waals surface area (Å²) in [4.78, 5) is 7.23. The molecule has 2 rings (SSSR count). The Morgan fingerprint density at radius 2 is 1.91 bits per heavy atom. The highest BCUT2D eigenvalue weighted by Gasteiger charge is 2.24. The van der Waals surface area contributed by atoms with Crippen molar-refractivity contribution in [3.05, 3.63) is 24.2 Å². The molecule has 1 aliphatic rings. The molecule has 1 aromatic heterocycles. The first-order valence-corrected chi connectivity index (χ1v) is 8.14. The van der Waals surface area contributed by atoms with E-state index in [9.17, 15) is 0 Å². The van der Waals surface area contributed by atoms with Gasteiger partial charge >= 0.3 is 0 Å². The summed E-state index contributed by atoms with van der Waals surface area (Å²) in [5.74, 6) is 1.90. The van der Waals surface area contributed by atoms with Crippen LogP contribution in [0.1, 0.15) is 44.9 Å². The van der Waals surface area contributed by atoms with Crippen molar-refractivity contribution in [3.63, 3.8) is 0 Å². The third-order valence-corrected chi connectivity index (χ3v) is 3.81. The van der Waals surface area contributed by atoms with Crippen LogP contribution in [-0.4, -0.2) is 43.6 Å². The first-order chi connectivity index (χ1) is 10.3. The quantitative estimate of drug-likeness (QED) is 0.422. The normalized spacial score (nSPS) is 16.5. The first kappa shape index (κ1) is 19.3. The molecule has 0 saturated carbocycles. The number of piperidine rings is 1. The number of nitrogens with zero attached hydrogens (tertiary/aromatic N) is 2. The Labute approximate surface area is 150 Å². The van der Waals surface area contributed by atoms with Crippen molar-refractivity contribution in [1.29, 1.82) is 0 Å². The second kappa shape index (κ2) is 10.9. The van der Waals surface area contributed by atoms with Crippen LogP contribution in [0.15, 0.2) is 27.8 Å². The number of hydrogen-bond acceptors (Lipinski definition) is 3. The summed E-state index contributed by atoms with van der Waals surface area (Å²) >= 11 is 0. The van der Waals surface area contributed by atoms with Crippen molar-refractivity contribution in [1.82, 2.24) is 15.5 Å². The third kappa shape index (κ3) is 5.79. The molecule has 0 radical (unpaired) electrons. The zero-order valence-corrected chi connectivity index (χ0v) is 16.0. The zero-order valence-electron chi connectivity index (χ0n) is 13.7. The van der Waals surface area contributed by atoms with Gasteiger partial charge < -0.3 is 15.1 Å². The number of furan rings is 1. The monoisotopic (exact) mass is 420 g/mol. The summed E-state index contributed by atoms with van der Waals surface area (Å²) in [5.41, 5.74) is 0. The van der Waals surface area contributed by atoms with E-state index >= 15 is 0 Å². The van der Waals surface area contributed by atoms with Crippen molar-refractivity contribution in [3.8, 4) is 0 Å². The fraction of sp³-hybridized carbons (Fsp3) is 0.688. The smallest absolute Gasteiger partial charge is 0.191 e. The SMILES string of the molecule is CCNC(=NCC(c1ccco1)N1CCCCC1)NCC.I. The van der Waals surface area contributed by atoms with Crippen LogP contribution in [0, 0.1) is 0 Å². The van der Waals surface area contributed by atoms with Crippen LogP contribution >= 0.6 is 24.0 Å². The predicted molar refractivity (Wildman–Crippen MR) is 102 cm³/mol. The van der Waals surface area contributed by atoms with Gasteiger partial charge in [-0.25, -0.2) is 0 Å². The Morgan fingerprint density at radius 3 is 2.45 bits per heavy atom. The van der Waals surface area contributed by atoms with Gasteiger partial charge in [-0.3, -0.25) is 9.89 Å². The maximum Gasteiger partial charge on any atom is 0.191 e. The summed E-state index contributed by atoms with van der Waals surface area (Å²) in [6, 6.07) is 4.27. The van der Waals surface area contributed by atoms with Gasteiger partial charge in [0.05, 0.1) is 18.8 Å². The minimum Gasteiger partial charge on any atom is -0.468 e. The predicted octanol–water partition coefficient (Wildman–Crippen LogP) is 3.00. The average molecular weight is 420 g/mol. The largest absolute Gasteiger partial charge is 0.468 e. The topological polar surface area (TPSA) is 52.8 Å². The molecule has 0 aliphatic carbocycles. The number of halogens is 1. The van der Waals surface area contributed by atoms with Gasteiger partial charge in [-0.2, -0.15) is 0 Å². The Hall–Kier alpha value is -0.760. The number of likely N-dealkylation sites (tertiary alicyclic amines) is 1. The number of rotatable bonds is 6. The van der Waals surface area contributed by atoms with E-state index in [-0.39, 0.29) is 30.0 Å². The fourth-order valence-corrected chi connectivity index (χ4v) is 2.78. The van der Waals surface area contributed by atoms with E-state index in [2.05, 4.69) is 35.4 Å². The van der Waals surface area contributed by atoms with Crippen LogP contribution in [-0.2, 0) is 0 Å². The highest BCUT2D eigenvalue weighted by Crippen LogP contribution is 2.25. The third-order valence-electron chi connectivity index (χ3n) is 3.81. The maximum atomic E-state index is 5.65. The van der Waals surface area contributed by atoms with Gasteiger partial charge in [-0.05, 0) is 51.9 Å². The zero-order chi connectivity index (χ0) is 14.9. The van der Waals surface area contributed by atoms with Gasteiger partial charge in [0.25, 0.3) is 0 Å². The van der Waals surface area contributed by atoms with Crippen LogP contribution in [0.3, 0.4) is 0 Å². The molecule has 1 atom stereocenters. The number of hydrogen-bond donors (Lipinski definition) is 2. The summed E-state index contributed by atoms with van der Waals surface area (Å²) in [7, 11) is 0. The van der Waals surface area contributed by atoms with Gasteiger partial charge in [-0.1, -0.05) is 6.42 Å². The molecule has 1 saturated heterocycles. The lowest BCUT2D eigenvalue weighted by molar-refractivity contribution is 0.150. The van der Waals surface area contributed by atoms with Crippen molar-refractivity contribution in [2.75, 3.05) is 32.7 Å². The molecule has 1 aromatic rings. The minimum atomic E-state index is 0. The highest BCUT2D eigenvalue weighted by molar-refractivity contribution is 14.0. The molecule has 0 spiro atoms. The van der Waals surface area contributed by atoms with Gasteiger partial charge in [-0.15, -0.1) is 24.0 Å². The van der Waals surface area contributed by atoms with Crippen molar-refractivity contribution in [2.24, 2.45) is 4.99 Å². The van der Waals surface area contributed by atoms with Gasteiger partial charge in [0.2, 0.25) is 0 Å². The lowest BCUT2D eigenvalue weighted by Crippen LogP contribution is -2.39. The summed E-state index contributed by atoms with van der Waals surface area (Å²) in [5, 5.41) is 6.55. The minimum absolute atomic E-state index is 0. The molecular formula is C16H29IN4O. The second-order valence-electron chi connectivity index (χ2n) is 5.38. The Kier molecular flexibility index (Phi) is 9.54. The number of guanidine groups is 1. The van der Waals surface area contributed by atoms with Crippen molar-refractivity contribution in [2.45, 2.75) is 39.2 Å².